The Bertz CT molecular complexity index is 760. The fraction of sp³-hybridized carbons (Fsp3) is 0.588. The molecule has 6 nitrogen and oxygen atoms in total. The van der Waals surface area contributed by atoms with Crippen LogP contribution >= 0.6 is 15.9 Å². The third-order valence-corrected chi connectivity index (χ3v) is 8.07. The zero-order valence-corrected chi connectivity index (χ0v) is 16.7. The fourth-order valence-electron chi connectivity index (χ4n) is 3.87. The first-order valence-corrected chi connectivity index (χ1v) is 10.9. The number of rotatable bonds is 4. The maximum absolute atomic E-state index is 12.9. The number of halogens is 1. The van der Waals surface area contributed by atoms with Crippen molar-refractivity contribution in [1.82, 2.24) is 9.21 Å². The molecule has 3 rings (SSSR count). The fourth-order valence-corrected chi connectivity index (χ4v) is 5.67. The van der Waals surface area contributed by atoms with Gasteiger partial charge in [0.1, 0.15) is 0 Å². The Balaban J connectivity index is 1.69. The van der Waals surface area contributed by atoms with Crippen LogP contribution in [-0.4, -0.2) is 55.2 Å². The molecule has 0 radical (unpaired) electrons. The number of carbonyl (C=O) groups excluding carboxylic acids is 1. The summed E-state index contributed by atoms with van der Waals surface area (Å²) in [7, 11) is -3.48. The van der Waals surface area contributed by atoms with Gasteiger partial charge in [0.05, 0.1) is 10.9 Å². The Morgan fingerprint density at radius 1 is 1.20 bits per heavy atom. The summed E-state index contributed by atoms with van der Waals surface area (Å²) < 4.78 is 28.2. The van der Waals surface area contributed by atoms with Gasteiger partial charge in [0.25, 0.3) is 0 Å². The molecule has 0 saturated carbocycles. The van der Waals surface area contributed by atoms with Crippen LogP contribution in [0.1, 0.15) is 31.2 Å². The lowest BCUT2D eigenvalue weighted by Crippen LogP contribution is -2.51. The van der Waals surface area contributed by atoms with Crippen molar-refractivity contribution < 1.29 is 13.2 Å². The molecule has 0 bridgehead atoms. The van der Waals surface area contributed by atoms with E-state index in [2.05, 4.69) is 20.8 Å². The van der Waals surface area contributed by atoms with Crippen LogP contribution in [0, 0.1) is 6.92 Å². The van der Waals surface area contributed by atoms with Crippen molar-refractivity contribution in [3.05, 3.63) is 28.2 Å². The summed E-state index contributed by atoms with van der Waals surface area (Å²) in [6.45, 7) is 3.71. The lowest BCUT2D eigenvalue weighted by Gasteiger charge is -2.38. The molecule has 2 N–H and O–H groups in total. The third-order valence-electron chi connectivity index (χ3n) is 5.28. The Kier molecular flexibility index (Phi) is 5.53. The summed E-state index contributed by atoms with van der Waals surface area (Å²) in [5.41, 5.74) is 6.40. The van der Waals surface area contributed by atoms with Crippen LogP contribution in [0.2, 0.25) is 0 Å². The van der Waals surface area contributed by atoms with E-state index in [1.807, 2.05) is 6.92 Å². The van der Waals surface area contributed by atoms with Gasteiger partial charge in [-0.3, -0.25) is 9.69 Å². The first-order valence-electron chi connectivity index (χ1n) is 8.62. The van der Waals surface area contributed by atoms with Gasteiger partial charge in [-0.15, -0.1) is 0 Å². The van der Waals surface area contributed by atoms with E-state index in [4.69, 9.17) is 5.73 Å². The van der Waals surface area contributed by atoms with E-state index < -0.39 is 10.0 Å². The largest absolute Gasteiger partial charge is 0.368 e. The van der Waals surface area contributed by atoms with E-state index in [-0.39, 0.29) is 18.0 Å². The van der Waals surface area contributed by atoms with Crippen LogP contribution in [-0.2, 0) is 14.8 Å². The number of piperidine rings is 1. The molecule has 138 valence electrons. The number of carbonyl (C=O) groups is 1. The van der Waals surface area contributed by atoms with Crippen LogP contribution in [0.5, 0.6) is 0 Å². The monoisotopic (exact) mass is 429 g/mol. The maximum Gasteiger partial charge on any atom is 0.243 e. The highest BCUT2D eigenvalue weighted by Crippen LogP contribution is 2.29. The Labute approximate surface area is 157 Å². The number of sulfonamides is 1. The SMILES string of the molecule is Cc1cc(S(=O)(=O)N2CCC(N3CCCC3C(N)=O)CC2)ccc1Br. The van der Waals surface area contributed by atoms with Gasteiger partial charge >= 0.3 is 0 Å². The lowest BCUT2D eigenvalue weighted by molar-refractivity contribution is -0.123. The highest BCUT2D eigenvalue weighted by atomic mass is 79.9. The second-order valence-corrected chi connectivity index (χ2v) is 9.64. The minimum atomic E-state index is -3.48. The number of primary amides is 1. The van der Waals surface area contributed by atoms with Crippen molar-refractivity contribution >= 4 is 31.9 Å². The highest BCUT2D eigenvalue weighted by Gasteiger charge is 2.37. The Hall–Kier alpha value is -0.960. The number of hydrogen-bond acceptors (Lipinski definition) is 4. The number of nitrogens with zero attached hydrogens (tertiary/aromatic N) is 2. The normalized spacial score (nSPS) is 23.8. The topological polar surface area (TPSA) is 83.7 Å². The van der Waals surface area contributed by atoms with E-state index in [0.717, 1.165) is 42.3 Å². The first-order chi connectivity index (χ1) is 11.8. The van der Waals surface area contributed by atoms with Gasteiger partial charge in [0.2, 0.25) is 15.9 Å². The number of hydrogen-bond donors (Lipinski definition) is 1. The zero-order chi connectivity index (χ0) is 18.2. The molecule has 0 spiro atoms. The molecule has 2 aliphatic heterocycles. The van der Waals surface area contributed by atoms with E-state index in [9.17, 15) is 13.2 Å². The van der Waals surface area contributed by atoms with Crippen LogP contribution in [0.3, 0.4) is 0 Å². The van der Waals surface area contributed by atoms with Crippen molar-refractivity contribution in [2.24, 2.45) is 5.73 Å². The molecular formula is C17H24BrN3O3S. The standard InChI is InChI=1S/C17H24BrN3O3S/c1-12-11-14(4-5-15(12)18)25(23,24)20-9-6-13(7-10-20)21-8-2-3-16(21)17(19)22/h4-5,11,13,16H,2-3,6-10H2,1H3,(H2,19,22). The molecule has 2 fully saturated rings. The molecule has 1 aromatic carbocycles. The molecule has 25 heavy (non-hydrogen) atoms. The van der Waals surface area contributed by atoms with Crippen LogP contribution < -0.4 is 5.73 Å². The second-order valence-electron chi connectivity index (χ2n) is 6.84. The van der Waals surface area contributed by atoms with Gasteiger partial charge in [-0.1, -0.05) is 15.9 Å². The molecule has 1 amide bonds. The Morgan fingerprint density at radius 2 is 1.88 bits per heavy atom. The van der Waals surface area contributed by atoms with Gasteiger partial charge in [-0.2, -0.15) is 4.31 Å². The smallest absolute Gasteiger partial charge is 0.243 e. The molecule has 0 aromatic heterocycles. The van der Waals surface area contributed by atoms with Crippen LogP contribution in [0.4, 0.5) is 0 Å². The summed E-state index contributed by atoms with van der Waals surface area (Å²) in [4.78, 5) is 14.1. The van der Waals surface area contributed by atoms with E-state index in [0.29, 0.717) is 18.0 Å². The molecule has 1 aromatic rings. The van der Waals surface area contributed by atoms with Gasteiger partial charge in [0.15, 0.2) is 0 Å². The average molecular weight is 430 g/mol. The van der Waals surface area contributed by atoms with Crippen LogP contribution in [0.15, 0.2) is 27.6 Å². The summed E-state index contributed by atoms with van der Waals surface area (Å²) >= 11 is 3.40. The predicted octanol–water partition coefficient (Wildman–Crippen LogP) is 1.86. The number of aryl methyl sites for hydroxylation is 1. The second kappa shape index (κ2) is 7.34. The Morgan fingerprint density at radius 3 is 2.48 bits per heavy atom. The summed E-state index contributed by atoms with van der Waals surface area (Å²) in [6.07, 6.45) is 3.26. The lowest BCUT2D eigenvalue weighted by atomic mass is 10.0. The number of amides is 1. The van der Waals surface area contributed by atoms with Crippen molar-refractivity contribution in [3.63, 3.8) is 0 Å². The molecule has 2 saturated heterocycles. The van der Waals surface area contributed by atoms with Gasteiger partial charge in [-0.25, -0.2) is 8.42 Å². The van der Waals surface area contributed by atoms with Crippen molar-refractivity contribution in [3.8, 4) is 0 Å². The van der Waals surface area contributed by atoms with Gasteiger partial charge in [0, 0.05) is 23.6 Å². The summed E-state index contributed by atoms with van der Waals surface area (Å²) in [6, 6.07) is 5.16. The molecule has 0 aliphatic carbocycles. The quantitative estimate of drug-likeness (QED) is 0.791. The molecule has 8 heteroatoms. The zero-order valence-electron chi connectivity index (χ0n) is 14.3. The van der Waals surface area contributed by atoms with Crippen molar-refractivity contribution in [2.45, 2.75) is 49.6 Å². The number of nitrogens with two attached hydrogens (primary N) is 1. The van der Waals surface area contributed by atoms with Crippen molar-refractivity contribution in [1.29, 1.82) is 0 Å². The molecule has 1 atom stereocenters. The molecular weight excluding hydrogens is 406 g/mol. The van der Waals surface area contributed by atoms with Gasteiger partial charge < -0.3 is 5.73 Å². The molecule has 2 aliphatic rings. The minimum absolute atomic E-state index is 0.192. The summed E-state index contributed by atoms with van der Waals surface area (Å²) in [5, 5.41) is 0. The molecule has 2 heterocycles. The van der Waals surface area contributed by atoms with Gasteiger partial charge in [-0.05, 0) is 62.9 Å². The average Bonchev–Trinajstić information content (AvgIpc) is 3.07. The van der Waals surface area contributed by atoms with Crippen molar-refractivity contribution in [2.75, 3.05) is 19.6 Å². The number of benzene rings is 1. The molecule has 1 unspecified atom stereocenters. The van der Waals surface area contributed by atoms with E-state index in [1.165, 1.54) is 0 Å². The highest BCUT2D eigenvalue weighted by molar-refractivity contribution is 9.10. The van der Waals surface area contributed by atoms with E-state index >= 15 is 0 Å². The number of likely N-dealkylation sites (tertiary alicyclic amines) is 1. The van der Waals surface area contributed by atoms with Crippen LogP contribution in [0.25, 0.3) is 0 Å². The predicted molar refractivity (Wildman–Crippen MR) is 99.6 cm³/mol. The third kappa shape index (κ3) is 3.77. The van der Waals surface area contributed by atoms with E-state index in [1.54, 1.807) is 22.5 Å². The first kappa shape index (κ1) is 18.8. The maximum atomic E-state index is 12.9. The minimum Gasteiger partial charge on any atom is -0.368 e. The summed E-state index contributed by atoms with van der Waals surface area (Å²) in [5.74, 6) is -0.266.